The number of carboxylic acids is 1. The van der Waals surface area contributed by atoms with E-state index < -0.39 is 5.97 Å². The molecule has 0 bridgehead atoms. The van der Waals surface area contributed by atoms with Crippen molar-refractivity contribution in [2.45, 2.75) is 39.0 Å². The molecule has 0 aliphatic carbocycles. The summed E-state index contributed by atoms with van der Waals surface area (Å²) < 4.78 is 0. The van der Waals surface area contributed by atoms with Crippen LogP contribution in [0.15, 0.2) is 18.3 Å². The monoisotopic (exact) mass is 347 g/mol. The van der Waals surface area contributed by atoms with E-state index in [1.165, 1.54) is 18.3 Å². The Morgan fingerprint density at radius 3 is 2.64 bits per heavy atom. The molecule has 1 aliphatic heterocycles. The van der Waals surface area contributed by atoms with Crippen LogP contribution in [0, 0.1) is 5.92 Å². The fourth-order valence-corrected chi connectivity index (χ4v) is 2.94. The summed E-state index contributed by atoms with van der Waals surface area (Å²) in [4.78, 5) is 41.0. The highest BCUT2D eigenvalue weighted by Gasteiger charge is 2.27. The minimum Gasteiger partial charge on any atom is -0.477 e. The first-order valence-electron chi connectivity index (χ1n) is 8.79. The zero-order valence-electron chi connectivity index (χ0n) is 14.5. The summed E-state index contributed by atoms with van der Waals surface area (Å²) in [5.41, 5.74) is 0.169. The Morgan fingerprint density at radius 1 is 1.28 bits per heavy atom. The molecule has 0 radical (unpaired) electrons. The molecule has 0 saturated carbocycles. The second-order valence-corrected chi connectivity index (χ2v) is 6.30. The van der Waals surface area contributed by atoms with E-state index in [-0.39, 0.29) is 23.4 Å². The molecule has 1 aromatic rings. The molecular weight excluding hydrogens is 322 g/mol. The Kier molecular flexibility index (Phi) is 6.91. The van der Waals surface area contributed by atoms with Crippen LogP contribution in [-0.2, 0) is 4.79 Å². The maximum absolute atomic E-state index is 12.5. The summed E-state index contributed by atoms with van der Waals surface area (Å²) >= 11 is 0. The lowest BCUT2D eigenvalue weighted by molar-refractivity contribution is -0.126. The minimum atomic E-state index is -1.16. The molecule has 25 heavy (non-hydrogen) atoms. The fraction of sp³-hybridized carbons (Fsp3) is 0.556. The summed E-state index contributed by atoms with van der Waals surface area (Å²) in [5.74, 6) is -1.36. The molecule has 0 spiro atoms. The summed E-state index contributed by atoms with van der Waals surface area (Å²) in [7, 11) is 0. The van der Waals surface area contributed by atoms with Gasteiger partial charge in [0.05, 0.1) is 0 Å². The van der Waals surface area contributed by atoms with E-state index in [0.717, 1.165) is 19.3 Å². The lowest BCUT2D eigenvalue weighted by atomic mass is 9.95. The molecule has 7 nitrogen and oxygen atoms in total. The van der Waals surface area contributed by atoms with E-state index in [1.54, 1.807) is 4.90 Å². The molecule has 7 heteroatoms. The molecule has 1 fully saturated rings. The van der Waals surface area contributed by atoms with Crippen LogP contribution in [-0.4, -0.2) is 52.4 Å². The first kappa shape index (κ1) is 18.9. The summed E-state index contributed by atoms with van der Waals surface area (Å²) in [5, 5.41) is 11.9. The van der Waals surface area contributed by atoms with E-state index in [2.05, 4.69) is 17.2 Å². The topological polar surface area (TPSA) is 99.6 Å². The molecule has 1 aromatic heterocycles. The van der Waals surface area contributed by atoms with Crippen LogP contribution >= 0.6 is 0 Å². The summed E-state index contributed by atoms with van der Waals surface area (Å²) in [6.07, 6.45) is 5.80. The summed E-state index contributed by atoms with van der Waals surface area (Å²) in [6, 6.07) is 2.80. The highest BCUT2D eigenvalue weighted by atomic mass is 16.4. The molecule has 2 heterocycles. The number of rotatable bonds is 7. The van der Waals surface area contributed by atoms with Gasteiger partial charge in [0.15, 0.2) is 0 Å². The van der Waals surface area contributed by atoms with Crippen molar-refractivity contribution in [1.82, 2.24) is 15.2 Å². The van der Waals surface area contributed by atoms with Gasteiger partial charge in [-0.1, -0.05) is 19.8 Å². The van der Waals surface area contributed by atoms with Gasteiger partial charge in [-0.3, -0.25) is 9.59 Å². The van der Waals surface area contributed by atoms with Crippen molar-refractivity contribution in [3.05, 3.63) is 29.6 Å². The van der Waals surface area contributed by atoms with Crippen molar-refractivity contribution in [3.8, 4) is 0 Å². The maximum atomic E-state index is 12.5. The Balaban J connectivity index is 1.85. The number of pyridine rings is 1. The van der Waals surface area contributed by atoms with E-state index in [9.17, 15) is 14.4 Å². The molecule has 0 unspecified atom stereocenters. The number of hydrogen-bond donors (Lipinski definition) is 2. The molecule has 1 aliphatic rings. The van der Waals surface area contributed by atoms with Gasteiger partial charge in [0.25, 0.3) is 5.91 Å². The predicted molar refractivity (Wildman–Crippen MR) is 92.4 cm³/mol. The number of likely N-dealkylation sites (tertiary alicyclic amines) is 1. The van der Waals surface area contributed by atoms with Crippen LogP contribution in [0.2, 0.25) is 0 Å². The number of nitrogens with one attached hydrogen (secondary N) is 1. The maximum Gasteiger partial charge on any atom is 0.354 e. The minimum absolute atomic E-state index is 0.0577. The van der Waals surface area contributed by atoms with E-state index in [1.807, 2.05) is 0 Å². The highest BCUT2D eigenvalue weighted by molar-refractivity contribution is 5.96. The number of piperidine rings is 1. The number of aromatic nitrogens is 1. The van der Waals surface area contributed by atoms with Gasteiger partial charge in [0, 0.05) is 37.3 Å². The number of unbranched alkanes of at least 4 members (excludes halogenated alkanes) is 2. The van der Waals surface area contributed by atoms with Crippen molar-refractivity contribution in [2.24, 2.45) is 5.92 Å². The largest absolute Gasteiger partial charge is 0.477 e. The zero-order chi connectivity index (χ0) is 18.2. The van der Waals surface area contributed by atoms with Crippen molar-refractivity contribution in [3.63, 3.8) is 0 Å². The number of aromatic carboxylic acids is 1. The second kappa shape index (κ2) is 9.15. The predicted octanol–water partition coefficient (Wildman–Crippen LogP) is 1.94. The molecule has 136 valence electrons. The zero-order valence-corrected chi connectivity index (χ0v) is 14.5. The number of carbonyl (C=O) groups is 3. The molecule has 2 amide bonds. The molecule has 2 rings (SSSR count). The SMILES string of the molecule is CCCCCNC(=O)C1CCN(C(=O)c2ccnc(C(=O)O)c2)CC1. The van der Waals surface area contributed by atoms with Crippen LogP contribution in [0.1, 0.15) is 59.9 Å². The Hall–Kier alpha value is -2.44. The normalized spacial score (nSPS) is 15.0. The smallest absolute Gasteiger partial charge is 0.354 e. The fourth-order valence-electron chi connectivity index (χ4n) is 2.94. The van der Waals surface area contributed by atoms with Gasteiger partial charge in [0.1, 0.15) is 5.69 Å². The van der Waals surface area contributed by atoms with Crippen molar-refractivity contribution < 1.29 is 19.5 Å². The molecule has 2 N–H and O–H groups in total. The van der Waals surface area contributed by atoms with Crippen LogP contribution in [0.25, 0.3) is 0 Å². The highest BCUT2D eigenvalue weighted by Crippen LogP contribution is 2.19. The average Bonchev–Trinajstić information content (AvgIpc) is 2.64. The Morgan fingerprint density at radius 2 is 2.00 bits per heavy atom. The van der Waals surface area contributed by atoms with Crippen LogP contribution < -0.4 is 5.32 Å². The lowest BCUT2D eigenvalue weighted by Crippen LogP contribution is -2.43. The van der Waals surface area contributed by atoms with Crippen molar-refractivity contribution >= 4 is 17.8 Å². The van der Waals surface area contributed by atoms with Gasteiger partial charge in [-0.2, -0.15) is 0 Å². The van der Waals surface area contributed by atoms with Gasteiger partial charge >= 0.3 is 5.97 Å². The van der Waals surface area contributed by atoms with Gasteiger partial charge in [0.2, 0.25) is 5.91 Å². The molecule has 0 atom stereocenters. The van der Waals surface area contributed by atoms with Crippen LogP contribution in [0.4, 0.5) is 0 Å². The van der Waals surface area contributed by atoms with Gasteiger partial charge in [-0.15, -0.1) is 0 Å². The third-order valence-electron chi connectivity index (χ3n) is 4.46. The second-order valence-electron chi connectivity index (χ2n) is 6.30. The molecule has 0 aromatic carbocycles. The number of nitrogens with zero attached hydrogens (tertiary/aromatic N) is 2. The van der Waals surface area contributed by atoms with Gasteiger partial charge in [-0.25, -0.2) is 9.78 Å². The quantitative estimate of drug-likeness (QED) is 0.734. The van der Waals surface area contributed by atoms with Gasteiger partial charge in [-0.05, 0) is 31.4 Å². The molecular formula is C18H25N3O4. The van der Waals surface area contributed by atoms with Crippen molar-refractivity contribution in [2.75, 3.05) is 19.6 Å². The standard InChI is InChI=1S/C18H25N3O4/c1-2-3-4-8-20-16(22)13-6-10-21(11-7-13)17(23)14-5-9-19-15(12-14)18(24)25/h5,9,12-13H,2-4,6-8,10-11H2,1H3,(H,20,22)(H,24,25). The van der Waals surface area contributed by atoms with Gasteiger partial charge < -0.3 is 15.3 Å². The number of hydrogen-bond acceptors (Lipinski definition) is 4. The first-order valence-corrected chi connectivity index (χ1v) is 8.79. The number of amides is 2. The summed E-state index contributed by atoms with van der Waals surface area (Å²) in [6.45, 7) is 3.82. The lowest BCUT2D eigenvalue weighted by Gasteiger charge is -2.31. The van der Waals surface area contributed by atoms with E-state index in [0.29, 0.717) is 38.0 Å². The first-order chi connectivity index (χ1) is 12.0. The molecule has 1 saturated heterocycles. The van der Waals surface area contributed by atoms with Crippen LogP contribution in [0.5, 0.6) is 0 Å². The van der Waals surface area contributed by atoms with E-state index >= 15 is 0 Å². The number of carbonyl (C=O) groups excluding carboxylic acids is 2. The number of carboxylic acid groups (broad SMARTS) is 1. The van der Waals surface area contributed by atoms with E-state index in [4.69, 9.17) is 5.11 Å². The Labute approximate surface area is 147 Å². The third-order valence-corrected chi connectivity index (χ3v) is 4.46. The average molecular weight is 347 g/mol. The van der Waals surface area contributed by atoms with Crippen molar-refractivity contribution in [1.29, 1.82) is 0 Å². The Bertz CT molecular complexity index is 625. The third kappa shape index (κ3) is 5.27. The van der Waals surface area contributed by atoms with Crippen LogP contribution in [0.3, 0.4) is 0 Å².